The Hall–Kier alpha value is -0.610. The third-order valence-electron chi connectivity index (χ3n) is 2.89. The van der Waals surface area contributed by atoms with Crippen LogP contribution in [-0.4, -0.2) is 19.6 Å². The molecule has 0 bridgehead atoms. The van der Waals surface area contributed by atoms with Crippen LogP contribution in [0.1, 0.15) is 6.42 Å². The molecule has 2 rings (SSSR count). The van der Waals surface area contributed by atoms with Gasteiger partial charge in [-0.3, -0.25) is 0 Å². The van der Waals surface area contributed by atoms with Crippen LogP contribution in [0.15, 0.2) is 22.7 Å². The molecule has 0 radical (unpaired) electrons. The van der Waals surface area contributed by atoms with Gasteiger partial charge in [0.05, 0.1) is 4.47 Å². The molecule has 0 aliphatic carbocycles. The first-order valence-electron chi connectivity index (χ1n) is 5.11. The van der Waals surface area contributed by atoms with Crippen LogP contribution in [0.5, 0.6) is 0 Å². The van der Waals surface area contributed by atoms with Gasteiger partial charge in [0.15, 0.2) is 0 Å². The van der Waals surface area contributed by atoms with Crippen molar-refractivity contribution in [1.82, 2.24) is 0 Å². The standard InChI is InChI=1S/C11H14BrFN2/c12-10-2-1-9(5-11(10)13)15-4-3-8(6-14)7-15/h1-2,5,8H,3-4,6-7,14H2. The lowest BCUT2D eigenvalue weighted by Crippen LogP contribution is -2.22. The van der Waals surface area contributed by atoms with E-state index in [1.807, 2.05) is 6.07 Å². The van der Waals surface area contributed by atoms with Crippen LogP contribution in [0.25, 0.3) is 0 Å². The summed E-state index contributed by atoms with van der Waals surface area (Å²) < 4.78 is 13.8. The van der Waals surface area contributed by atoms with E-state index in [1.54, 1.807) is 12.1 Å². The van der Waals surface area contributed by atoms with Crippen molar-refractivity contribution in [2.75, 3.05) is 24.5 Å². The summed E-state index contributed by atoms with van der Waals surface area (Å²) in [6, 6.07) is 5.26. The summed E-state index contributed by atoms with van der Waals surface area (Å²) in [5, 5.41) is 0. The third-order valence-corrected chi connectivity index (χ3v) is 3.53. The summed E-state index contributed by atoms with van der Waals surface area (Å²) in [6.45, 7) is 2.63. The van der Waals surface area contributed by atoms with Crippen molar-refractivity contribution in [3.8, 4) is 0 Å². The van der Waals surface area contributed by atoms with E-state index in [1.165, 1.54) is 0 Å². The van der Waals surface area contributed by atoms with Crippen LogP contribution < -0.4 is 10.6 Å². The molecule has 1 aromatic carbocycles. The lowest BCUT2D eigenvalue weighted by Gasteiger charge is -2.18. The van der Waals surface area contributed by atoms with E-state index in [-0.39, 0.29) is 5.82 Å². The van der Waals surface area contributed by atoms with Gasteiger partial charge in [-0.2, -0.15) is 0 Å². The van der Waals surface area contributed by atoms with Crippen molar-refractivity contribution >= 4 is 21.6 Å². The van der Waals surface area contributed by atoms with Gasteiger partial charge in [-0.05, 0) is 53.0 Å². The highest BCUT2D eigenvalue weighted by Gasteiger charge is 2.21. The SMILES string of the molecule is NCC1CCN(c2ccc(Br)c(F)c2)C1. The number of rotatable bonds is 2. The van der Waals surface area contributed by atoms with E-state index < -0.39 is 0 Å². The minimum Gasteiger partial charge on any atom is -0.371 e. The molecule has 1 saturated heterocycles. The zero-order valence-corrected chi connectivity index (χ0v) is 10.0. The molecule has 2 N–H and O–H groups in total. The minimum absolute atomic E-state index is 0.205. The molecule has 4 heteroatoms. The summed E-state index contributed by atoms with van der Waals surface area (Å²) in [5.74, 6) is 0.348. The van der Waals surface area contributed by atoms with E-state index in [0.717, 1.165) is 31.7 Å². The average molecular weight is 273 g/mol. The third kappa shape index (κ3) is 2.32. The van der Waals surface area contributed by atoms with E-state index in [0.29, 0.717) is 10.4 Å². The van der Waals surface area contributed by atoms with Crippen molar-refractivity contribution in [1.29, 1.82) is 0 Å². The molecule has 2 nitrogen and oxygen atoms in total. The molecule has 1 aromatic rings. The van der Waals surface area contributed by atoms with Gasteiger partial charge in [-0.15, -0.1) is 0 Å². The van der Waals surface area contributed by atoms with Crippen LogP contribution in [0, 0.1) is 11.7 Å². The van der Waals surface area contributed by atoms with E-state index in [9.17, 15) is 4.39 Å². The molecule has 0 saturated carbocycles. The Morgan fingerprint density at radius 2 is 2.33 bits per heavy atom. The monoisotopic (exact) mass is 272 g/mol. The lowest BCUT2D eigenvalue weighted by molar-refractivity contribution is 0.601. The number of halogens is 2. The van der Waals surface area contributed by atoms with Gasteiger partial charge >= 0.3 is 0 Å². The van der Waals surface area contributed by atoms with E-state index in [4.69, 9.17) is 5.73 Å². The highest BCUT2D eigenvalue weighted by atomic mass is 79.9. The highest BCUT2D eigenvalue weighted by Crippen LogP contribution is 2.26. The Morgan fingerprint density at radius 3 is 2.93 bits per heavy atom. The maximum atomic E-state index is 13.3. The predicted octanol–water partition coefficient (Wildman–Crippen LogP) is 2.37. The molecule has 1 unspecified atom stereocenters. The van der Waals surface area contributed by atoms with Crippen molar-refractivity contribution < 1.29 is 4.39 Å². The van der Waals surface area contributed by atoms with Crippen LogP contribution in [0.3, 0.4) is 0 Å². The van der Waals surface area contributed by atoms with Gasteiger partial charge in [-0.1, -0.05) is 0 Å². The van der Waals surface area contributed by atoms with Crippen molar-refractivity contribution in [2.45, 2.75) is 6.42 Å². The first-order valence-corrected chi connectivity index (χ1v) is 5.90. The van der Waals surface area contributed by atoms with Crippen molar-refractivity contribution in [3.05, 3.63) is 28.5 Å². The molecular formula is C11H14BrFN2. The van der Waals surface area contributed by atoms with Crippen LogP contribution >= 0.6 is 15.9 Å². The fourth-order valence-electron chi connectivity index (χ4n) is 1.94. The van der Waals surface area contributed by atoms with Crippen LogP contribution in [-0.2, 0) is 0 Å². The van der Waals surface area contributed by atoms with Crippen LogP contribution in [0.4, 0.5) is 10.1 Å². The number of anilines is 1. The number of benzene rings is 1. The van der Waals surface area contributed by atoms with Gasteiger partial charge in [-0.25, -0.2) is 4.39 Å². The first kappa shape index (κ1) is 10.9. The summed E-state index contributed by atoms with van der Waals surface area (Å²) >= 11 is 3.15. The molecule has 0 spiro atoms. The Kier molecular flexibility index (Phi) is 3.26. The number of nitrogens with zero attached hydrogens (tertiary/aromatic N) is 1. The second-order valence-electron chi connectivity index (χ2n) is 3.93. The van der Waals surface area contributed by atoms with Crippen molar-refractivity contribution in [3.63, 3.8) is 0 Å². The van der Waals surface area contributed by atoms with Gasteiger partial charge < -0.3 is 10.6 Å². The largest absolute Gasteiger partial charge is 0.371 e. The molecule has 1 heterocycles. The Labute approximate surface area is 97.4 Å². The highest BCUT2D eigenvalue weighted by molar-refractivity contribution is 9.10. The molecule has 15 heavy (non-hydrogen) atoms. The molecule has 82 valence electrons. The number of hydrogen-bond acceptors (Lipinski definition) is 2. The van der Waals surface area contributed by atoms with E-state index >= 15 is 0 Å². The smallest absolute Gasteiger partial charge is 0.139 e. The van der Waals surface area contributed by atoms with Crippen LogP contribution in [0.2, 0.25) is 0 Å². The summed E-state index contributed by atoms with van der Waals surface area (Å²) in [4.78, 5) is 2.19. The Balaban J connectivity index is 2.13. The zero-order chi connectivity index (χ0) is 10.8. The topological polar surface area (TPSA) is 29.3 Å². The quantitative estimate of drug-likeness (QED) is 0.896. The van der Waals surface area contributed by atoms with Gasteiger partial charge in [0.1, 0.15) is 5.82 Å². The maximum Gasteiger partial charge on any atom is 0.139 e. The lowest BCUT2D eigenvalue weighted by atomic mass is 10.1. The molecule has 1 atom stereocenters. The summed E-state index contributed by atoms with van der Waals surface area (Å²) in [6.07, 6.45) is 1.11. The van der Waals surface area contributed by atoms with Crippen molar-refractivity contribution in [2.24, 2.45) is 11.7 Å². The van der Waals surface area contributed by atoms with Gasteiger partial charge in [0.2, 0.25) is 0 Å². The number of nitrogens with two attached hydrogens (primary N) is 1. The first-order chi connectivity index (χ1) is 7.20. The second kappa shape index (κ2) is 4.49. The fraction of sp³-hybridized carbons (Fsp3) is 0.455. The average Bonchev–Trinajstić information content (AvgIpc) is 2.70. The zero-order valence-electron chi connectivity index (χ0n) is 8.42. The normalized spacial score (nSPS) is 21.0. The predicted molar refractivity (Wildman–Crippen MR) is 63.5 cm³/mol. The Bertz CT molecular complexity index is 356. The van der Waals surface area contributed by atoms with Gasteiger partial charge in [0.25, 0.3) is 0 Å². The van der Waals surface area contributed by atoms with E-state index in [2.05, 4.69) is 20.8 Å². The number of hydrogen-bond donors (Lipinski definition) is 1. The minimum atomic E-state index is -0.205. The molecule has 0 amide bonds. The summed E-state index contributed by atoms with van der Waals surface area (Å²) in [5.41, 5.74) is 6.57. The molecular weight excluding hydrogens is 259 g/mol. The molecule has 1 fully saturated rings. The molecule has 1 aliphatic rings. The summed E-state index contributed by atoms with van der Waals surface area (Å²) in [7, 11) is 0. The second-order valence-corrected chi connectivity index (χ2v) is 4.79. The Morgan fingerprint density at radius 1 is 1.53 bits per heavy atom. The maximum absolute atomic E-state index is 13.3. The molecule has 1 aliphatic heterocycles. The fourth-order valence-corrected chi connectivity index (χ4v) is 2.19. The van der Waals surface area contributed by atoms with Gasteiger partial charge in [0, 0.05) is 18.8 Å². The molecule has 0 aromatic heterocycles.